The van der Waals surface area contributed by atoms with Crippen molar-refractivity contribution in [2.75, 3.05) is 5.75 Å². The van der Waals surface area contributed by atoms with Crippen LogP contribution in [0.3, 0.4) is 0 Å². The lowest BCUT2D eigenvalue weighted by Crippen LogP contribution is -2.00. The van der Waals surface area contributed by atoms with Gasteiger partial charge in [-0.25, -0.2) is 8.78 Å². The molecule has 0 aliphatic carbocycles. The van der Waals surface area contributed by atoms with Crippen molar-refractivity contribution in [1.29, 1.82) is 0 Å². The van der Waals surface area contributed by atoms with Crippen molar-refractivity contribution in [2.45, 2.75) is 32.0 Å². The van der Waals surface area contributed by atoms with Crippen molar-refractivity contribution in [3.8, 4) is 5.75 Å². The quantitative estimate of drug-likeness (QED) is 0.359. The number of aromatic nitrogens is 3. The summed E-state index contributed by atoms with van der Waals surface area (Å²) in [5, 5.41) is 12.2. The molecule has 0 spiro atoms. The second-order valence-electron chi connectivity index (χ2n) is 5.63. The minimum absolute atomic E-state index is 0.209. The fourth-order valence-corrected chi connectivity index (χ4v) is 3.00. The van der Waals surface area contributed by atoms with Crippen LogP contribution in [-0.2, 0) is 6.61 Å². The third kappa shape index (κ3) is 4.90. The van der Waals surface area contributed by atoms with E-state index in [1.807, 2.05) is 19.9 Å². The molecule has 0 N–H and O–H groups in total. The van der Waals surface area contributed by atoms with Gasteiger partial charge in [0.15, 0.2) is 0 Å². The maximum atomic E-state index is 13.1. The van der Waals surface area contributed by atoms with Gasteiger partial charge in [-0.05, 0) is 48.6 Å². The molecular formula is C18H17ClF2N4O2S. The van der Waals surface area contributed by atoms with Gasteiger partial charge in [0.25, 0.3) is 6.43 Å². The third-order valence-corrected chi connectivity index (χ3v) is 4.82. The van der Waals surface area contributed by atoms with Gasteiger partial charge in [-0.15, -0.1) is 10.2 Å². The lowest BCUT2D eigenvalue weighted by atomic mass is 10.2. The molecule has 0 atom stereocenters. The van der Waals surface area contributed by atoms with E-state index in [0.717, 1.165) is 10.2 Å². The highest BCUT2D eigenvalue weighted by Crippen LogP contribution is 2.24. The van der Waals surface area contributed by atoms with Crippen LogP contribution < -0.4 is 4.74 Å². The minimum atomic E-state index is -2.78. The van der Waals surface area contributed by atoms with E-state index in [9.17, 15) is 8.78 Å². The number of benzene rings is 1. The molecule has 10 heteroatoms. The Labute approximate surface area is 169 Å². The van der Waals surface area contributed by atoms with Crippen LogP contribution in [0.25, 0.3) is 0 Å². The van der Waals surface area contributed by atoms with Crippen LogP contribution in [-0.4, -0.2) is 26.8 Å². The normalized spacial score (nSPS) is 11.6. The summed E-state index contributed by atoms with van der Waals surface area (Å²) in [5.41, 5.74) is 0.913. The number of halogens is 3. The van der Waals surface area contributed by atoms with Crippen molar-refractivity contribution in [2.24, 2.45) is 5.10 Å². The SMILES string of the molecule is CCSc1nnc(C(F)F)n1N=Cc1ccc(COc2ccc(Cl)c(C)c2)o1. The smallest absolute Gasteiger partial charge is 0.299 e. The highest BCUT2D eigenvalue weighted by atomic mass is 35.5. The summed E-state index contributed by atoms with van der Waals surface area (Å²) in [4.78, 5) is 0. The summed E-state index contributed by atoms with van der Waals surface area (Å²) in [7, 11) is 0. The second kappa shape index (κ2) is 9.20. The van der Waals surface area contributed by atoms with Gasteiger partial charge < -0.3 is 9.15 Å². The zero-order valence-corrected chi connectivity index (χ0v) is 16.7. The fourth-order valence-electron chi connectivity index (χ4n) is 2.26. The molecule has 0 amide bonds. The van der Waals surface area contributed by atoms with E-state index in [-0.39, 0.29) is 6.61 Å². The van der Waals surface area contributed by atoms with E-state index >= 15 is 0 Å². The lowest BCUT2D eigenvalue weighted by Gasteiger charge is -2.06. The summed E-state index contributed by atoms with van der Waals surface area (Å²) in [6, 6.07) is 8.77. The molecule has 0 aliphatic rings. The Kier molecular flexibility index (Phi) is 6.69. The Hall–Kier alpha value is -2.39. The number of hydrogen-bond acceptors (Lipinski definition) is 6. The molecule has 2 heterocycles. The molecule has 0 fully saturated rings. The number of thioether (sulfide) groups is 1. The molecule has 0 unspecified atom stereocenters. The predicted molar refractivity (Wildman–Crippen MR) is 104 cm³/mol. The first-order valence-electron chi connectivity index (χ1n) is 8.36. The molecule has 2 aromatic heterocycles. The average molecular weight is 427 g/mol. The monoisotopic (exact) mass is 426 g/mol. The fraction of sp³-hybridized carbons (Fsp3) is 0.278. The van der Waals surface area contributed by atoms with Crippen LogP contribution in [0.1, 0.15) is 36.3 Å². The first-order chi connectivity index (χ1) is 13.5. The predicted octanol–water partition coefficient (Wildman–Crippen LogP) is 5.34. The minimum Gasteiger partial charge on any atom is -0.486 e. The van der Waals surface area contributed by atoms with Crippen molar-refractivity contribution in [3.63, 3.8) is 0 Å². The highest BCUT2D eigenvalue weighted by Gasteiger charge is 2.20. The summed E-state index contributed by atoms with van der Waals surface area (Å²) >= 11 is 7.26. The molecule has 28 heavy (non-hydrogen) atoms. The number of ether oxygens (including phenoxy) is 1. The summed E-state index contributed by atoms with van der Waals surface area (Å²) in [6.45, 7) is 3.98. The average Bonchev–Trinajstić information content (AvgIpc) is 3.28. The van der Waals surface area contributed by atoms with Crippen LogP contribution in [0.2, 0.25) is 5.02 Å². The Morgan fingerprint density at radius 2 is 2.14 bits per heavy atom. The van der Waals surface area contributed by atoms with Crippen LogP contribution in [0.4, 0.5) is 8.78 Å². The largest absolute Gasteiger partial charge is 0.486 e. The van der Waals surface area contributed by atoms with Gasteiger partial charge in [0.05, 0.1) is 6.21 Å². The van der Waals surface area contributed by atoms with Gasteiger partial charge in [-0.3, -0.25) is 0 Å². The van der Waals surface area contributed by atoms with E-state index in [0.29, 0.717) is 33.2 Å². The topological polar surface area (TPSA) is 65.4 Å². The number of aryl methyl sites for hydroxylation is 1. The Morgan fingerprint density at radius 1 is 1.32 bits per heavy atom. The lowest BCUT2D eigenvalue weighted by molar-refractivity contribution is 0.135. The van der Waals surface area contributed by atoms with Gasteiger partial charge in [-0.2, -0.15) is 9.78 Å². The Balaban J connectivity index is 1.69. The maximum absolute atomic E-state index is 13.1. The van der Waals surface area contributed by atoms with Crippen molar-refractivity contribution >= 4 is 29.6 Å². The van der Waals surface area contributed by atoms with Crippen LogP contribution >= 0.6 is 23.4 Å². The zero-order chi connectivity index (χ0) is 20.1. The van der Waals surface area contributed by atoms with E-state index < -0.39 is 12.2 Å². The van der Waals surface area contributed by atoms with Gasteiger partial charge in [-0.1, -0.05) is 30.3 Å². The molecule has 3 aromatic rings. The zero-order valence-electron chi connectivity index (χ0n) is 15.1. The van der Waals surface area contributed by atoms with Gasteiger partial charge >= 0.3 is 0 Å². The molecule has 1 aromatic carbocycles. The van der Waals surface area contributed by atoms with Gasteiger partial charge in [0.1, 0.15) is 23.9 Å². The van der Waals surface area contributed by atoms with Gasteiger partial charge in [0.2, 0.25) is 11.0 Å². The molecular weight excluding hydrogens is 410 g/mol. The number of alkyl halides is 2. The second-order valence-corrected chi connectivity index (χ2v) is 7.27. The maximum Gasteiger partial charge on any atom is 0.299 e. The summed E-state index contributed by atoms with van der Waals surface area (Å²) in [6.07, 6.45) is -1.44. The van der Waals surface area contributed by atoms with E-state index in [1.54, 1.807) is 24.3 Å². The van der Waals surface area contributed by atoms with E-state index in [2.05, 4.69) is 15.3 Å². The third-order valence-electron chi connectivity index (χ3n) is 3.60. The number of rotatable bonds is 8. The standard InChI is InChI=1S/C18H17ClF2N4O2S/c1-3-28-18-24-23-17(16(20)21)25(18)22-9-13-4-5-14(27-13)10-26-12-6-7-15(19)11(2)8-12/h4-9,16H,3,10H2,1-2H3. The van der Waals surface area contributed by atoms with Crippen molar-refractivity contribution in [3.05, 3.63) is 58.3 Å². The molecule has 0 radical (unpaired) electrons. The first kappa shape index (κ1) is 20.3. The molecule has 0 saturated carbocycles. The summed E-state index contributed by atoms with van der Waals surface area (Å²) in [5.74, 6) is 1.77. The number of nitrogens with zero attached hydrogens (tertiary/aromatic N) is 4. The highest BCUT2D eigenvalue weighted by molar-refractivity contribution is 7.99. The molecule has 0 aliphatic heterocycles. The van der Waals surface area contributed by atoms with Crippen LogP contribution in [0.15, 0.2) is 45.0 Å². The van der Waals surface area contributed by atoms with Crippen LogP contribution in [0, 0.1) is 6.92 Å². The van der Waals surface area contributed by atoms with Crippen molar-refractivity contribution < 1.29 is 17.9 Å². The van der Waals surface area contributed by atoms with Crippen molar-refractivity contribution in [1.82, 2.24) is 14.9 Å². The molecule has 148 valence electrons. The Bertz CT molecular complexity index is 974. The molecule has 0 saturated heterocycles. The molecule has 6 nitrogen and oxygen atoms in total. The molecule has 3 rings (SSSR count). The Morgan fingerprint density at radius 3 is 2.86 bits per heavy atom. The molecule has 0 bridgehead atoms. The van der Waals surface area contributed by atoms with E-state index in [4.69, 9.17) is 20.8 Å². The number of hydrogen-bond donors (Lipinski definition) is 0. The first-order valence-corrected chi connectivity index (χ1v) is 9.72. The summed E-state index contributed by atoms with van der Waals surface area (Å²) < 4.78 is 38.4. The van der Waals surface area contributed by atoms with E-state index in [1.165, 1.54) is 18.0 Å². The van der Waals surface area contributed by atoms with Crippen LogP contribution in [0.5, 0.6) is 5.75 Å². The van der Waals surface area contributed by atoms with Gasteiger partial charge in [0, 0.05) is 5.02 Å². The number of furan rings is 1.